The molecular formula is C20H26N2OS. The minimum absolute atomic E-state index is 0.0762. The summed E-state index contributed by atoms with van der Waals surface area (Å²) in [6.45, 7) is 10.7. The van der Waals surface area contributed by atoms with Crippen molar-refractivity contribution in [1.29, 1.82) is 0 Å². The van der Waals surface area contributed by atoms with Crippen LogP contribution in [-0.4, -0.2) is 29.9 Å². The Kier molecular flexibility index (Phi) is 5.28. The summed E-state index contributed by atoms with van der Waals surface area (Å²) in [5, 5.41) is 3.78. The lowest BCUT2D eigenvalue weighted by Gasteiger charge is -2.36. The van der Waals surface area contributed by atoms with Gasteiger partial charge in [-0.05, 0) is 43.6 Å². The zero-order valence-corrected chi connectivity index (χ0v) is 15.7. The number of hydrogen-bond donors (Lipinski definition) is 1. The third kappa shape index (κ3) is 3.10. The zero-order chi connectivity index (χ0) is 17.3. The molecule has 0 radical (unpaired) electrons. The number of thioether (sulfide) groups is 1. The minimum Gasteiger partial charge on any atom is -0.293 e. The number of hydrogen-bond acceptors (Lipinski definition) is 4. The molecule has 0 aromatic heterocycles. The summed E-state index contributed by atoms with van der Waals surface area (Å²) in [4.78, 5) is 17.0. The van der Waals surface area contributed by atoms with Crippen LogP contribution < -0.4 is 5.32 Å². The first-order valence-electron chi connectivity index (χ1n) is 8.78. The van der Waals surface area contributed by atoms with Crippen LogP contribution in [0.15, 0.2) is 45.7 Å². The lowest BCUT2D eigenvalue weighted by Crippen LogP contribution is -2.46. The van der Waals surface area contributed by atoms with Gasteiger partial charge in [-0.15, -0.1) is 0 Å². The van der Waals surface area contributed by atoms with Crippen LogP contribution in [0.4, 0.5) is 0 Å². The van der Waals surface area contributed by atoms with Crippen molar-refractivity contribution in [3.05, 3.63) is 52.0 Å². The smallest absolute Gasteiger partial charge is 0.173 e. The lowest BCUT2D eigenvalue weighted by molar-refractivity contribution is -0.114. The van der Waals surface area contributed by atoms with Crippen LogP contribution in [0.1, 0.15) is 44.4 Å². The molecule has 1 aliphatic carbocycles. The number of carbonyl (C=O) groups is 1. The third-order valence-corrected chi connectivity index (χ3v) is 6.38. The molecule has 0 saturated carbocycles. The lowest BCUT2D eigenvalue weighted by atomic mass is 9.91. The van der Waals surface area contributed by atoms with Crippen molar-refractivity contribution in [1.82, 2.24) is 10.2 Å². The number of Topliss-reactive ketones (excluding diaryl/α,β-unsaturated/α-hetero) is 1. The van der Waals surface area contributed by atoms with E-state index in [-0.39, 0.29) is 18.0 Å². The number of aryl methyl sites for hydroxylation is 1. The van der Waals surface area contributed by atoms with E-state index in [1.165, 1.54) is 16.0 Å². The highest BCUT2D eigenvalue weighted by molar-refractivity contribution is 8.04. The Morgan fingerprint density at radius 3 is 2.79 bits per heavy atom. The van der Waals surface area contributed by atoms with E-state index in [4.69, 9.17) is 0 Å². The fourth-order valence-electron chi connectivity index (χ4n) is 3.57. The zero-order valence-electron chi connectivity index (χ0n) is 14.9. The van der Waals surface area contributed by atoms with Crippen LogP contribution in [0, 0.1) is 6.92 Å². The summed E-state index contributed by atoms with van der Waals surface area (Å²) in [7, 11) is 0. The summed E-state index contributed by atoms with van der Waals surface area (Å²) in [6, 6.07) is 6.52. The number of nitrogens with one attached hydrogen (secondary N) is 1. The minimum atomic E-state index is 0.0762. The maximum Gasteiger partial charge on any atom is 0.173 e. The fourth-order valence-corrected chi connectivity index (χ4v) is 4.81. The topological polar surface area (TPSA) is 32.3 Å². The first kappa shape index (κ1) is 17.5. The number of allylic oxidation sites excluding steroid dienone is 2. The van der Waals surface area contributed by atoms with Gasteiger partial charge in [-0.1, -0.05) is 56.0 Å². The standard InChI is InChI=1S/C20H26N2OS/c1-5-22(6-2)14(4)21-18-15-10-7-9-13(3)19(15)24-20-16(18)11-8-12-17(20)23/h7-11,14,18,21H,5-6,12H2,1-4H3. The van der Waals surface area contributed by atoms with Gasteiger partial charge in [0.1, 0.15) is 0 Å². The number of ketones is 1. The van der Waals surface area contributed by atoms with E-state index in [9.17, 15) is 4.79 Å². The molecule has 0 bridgehead atoms. The molecule has 2 atom stereocenters. The predicted octanol–water partition coefficient (Wildman–Crippen LogP) is 4.20. The molecule has 3 rings (SSSR count). The molecule has 0 spiro atoms. The van der Waals surface area contributed by atoms with E-state index >= 15 is 0 Å². The quantitative estimate of drug-likeness (QED) is 0.813. The average Bonchev–Trinajstić information content (AvgIpc) is 2.57. The first-order chi connectivity index (χ1) is 11.6. The molecule has 1 aromatic rings. The summed E-state index contributed by atoms with van der Waals surface area (Å²) >= 11 is 1.65. The molecule has 128 valence electrons. The monoisotopic (exact) mass is 342 g/mol. The number of nitrogens with zero attached hydrogens (tertiary/aromatic N) is 1. The van der Waals surface area contributed by atoms with Gasteiger partial charge >= 0.3 is 0 Å². The van der Waals surface area contributed by atoms with Crippen LogP contribution in [0.25, 0.3) is 0 Å². The molecular weight excluding hydrogens is 316 g/mol. The highest BCUT2D eigenvalue weighted by atomic mass is 32.2. The van der Waals surface area contributed by atoms with Crippen LogP contribution in [-0.2, 0) is 4.79 Å². The first-order valence-corrected chi connectivity index (χ1v) is 9.59. The summed E-state index contributed by atoms with van der Waals surface area (Å²) in [6.07, 6.45) is 4.91. The fraction of sp³-hybridized carbons (Fsp3) is 0.450. The molecule has 2 aliphatic rings. The van der Waals surface area contributed by atoms with Crippen molar-refractivity contribution >= 4 is 17.5 Å². The number of benzene rings is 1. The maximum absolute atomic E-state index is 12.5. The molecule has 3 nitrogen and oxygen atoms in total. The van der Waals surface area contributed by atoms with E-state index in [0.717, 1.165) is 23.6 Å². The van der Waals surface area contributed by atoms with Crippen molar-refractivity contribution in [2.45, 2.75) is 51.2 Å². The van der Waals surface area contributed by atoms with Crippen molar-refractivity contribution in [3.8, 4) is 0 Å². The van der Waals surface area contributed by atoms with Gasteiger partial charge in [0.2, 0.25) is 0 Å². The van der Waals surface area contributed by atoms with Crippen LogP contribution in [0.3, 0.4) is 0 Å². The highest BCUT2D eigenvalue weighted by Crippen LogP contribution is 2.47. The van der Waals surface area contributed by atoms with Crippen molar-refractivity contribution in [2.75, 3.05) is 13.1 Å². The van der Waals surface area contributed by atoms with Crippen LogP contribution in [0.2, 0.25) is 0 Å². The molecule has 2 unspecified atom stereocenters. The second-order valence-corrected chi connectivity index (χ2v) is 7.43. The Bertz CT molecular complexity index is 704. The van der Waals surface area contributed by atoms with Gasteiger partial charge in [0, 0.05) is 11.3 Å². The summed E-state index contributed by atoms with van der Waals surface area (Å²) in [5.74, 6) is 0.244. The molecule has 1 heterocycles. The Labute approximate surface area is 149 Å². The van der Waals surface area contributed by atoms with Gasteiger partial charge in [-0.2, -0.15) is 0 Å². The number of carbonyl (C=O) groups excluding carboxylic acids is 1. The molecule has 1 aromatic carbocycles. The van der Waals surface area contributed by atoms with E-state index < -0.39 is 0 Å². The van der Waals surface area contributed by atoms with Gasteiger partial charge in [0.25, 0.3) is 0 Å². The normalized spacial score (nSPS) is 21.0. The third-order valence-electron chi connectivity index (χ3n) is 4.95. The molecule has 4 heteroatoms. The number of fused-ring (bicyclic) bond motifs is 1. The molecule has 0 amide bonds. The van der Waals surface area contributed by atoms with Gasteiger partial charge < -0.3 is 0 Å². The Morgan fingerprint density at radius 1 is 1.33 bits per heavy atom. The van der Waals surface area contributed by atoms with Crippen molar-refractivity contribution in [3.63, 3.8) is 0 Å². The van der Waals surface area contributed by atoms with Crippen LogP contribution in [0.5, 0.6) is 0 Å². The Hall–Kier alpha value is -1.36. The van der Waals surface area contributed by atoms with E-state index in [2.05, 4.69) is 62.2 Å². The van der Waals surface area contributed by atoms with Crippen molar-refractivity contribution < 1.29 is 4.79 Å². The van der Waals surface area contributed by atoms with Crippen LogP contribution >= 0.6 is 11.8 Å². The van der Waals surface area contributed by atoms with E-state index in [1.54, 1.807) is 11.8 Å². The second-order valence-electron chi connectivity index (χ2n) is 6.41. The summed E-state index contributed by atoms with van der Waals surface area (Å²) < 4.78 is 0. The highest BCUT2D eigenvalue weighted by Gasteiger charge is 2.33. The molecule has 24 heavy (non-hydrogen) atoms. The van der Waals surface area contributed by atoms with E-state index in [1.807, 2.05) is 6.08 Å². The van der Waals surface area contributed by atoms with Crippen molar-refractivity contribution in [2.24, 2.45) is 0 Å². The van der Waals surface area contributed by atoms with Gasteiger partial charge in [-0.25, -0.2) is 0 Å². The van der Waals surface area contributed by atoms with Gasteiger partial charge in [0.15, 0.2) is 5.78 Å². The molecule has 1 aliphatic heterocycles. The SMILES string of the molecule is CCN(CC)C(C)NC1C2=C(Sc3c(C)cccc31)C(=O)CC=C2. The van der Waals surface area contributed by atoms with Gasteiger partial charge in [-0.3, -0.25) is 15.0 Å². The van der Waals surface area contributed by atoms with Gasteiger partial charge in [0.05, 0.1) is 17.1 Å². The Morgan fingerprint density at radius 2 is 2.08 bits per heavy atom. The maximum atomic E-state index is 12.5. The number of rotatable bonds is 5. The molecule has 1 N–H and O–H groups in total. The molecule has 0 saturated heterocycles. The summed E-state index contributed by atoms with van der Waals surface area (Å²) in [5.41, 5.74) is 3.67. The molecule has 0 fully saturated rings. The second kappa shape index (κ2) is 7.26. The van der Waals surface area contributed by atoms with E-state index in [0.29, 0.717) is 6.42 Å². The largest absolute Gasteiger partial charge is 0.293 e. The average molecular weight is 343 g/mol. The Balaban J connectivity index is 2.02. The predicted molar refractivity (Wildman–Crippen MR) is 101 cm³/mol.